The Balaban J connectivity index is 0.00000242. The Bertz CT molecular complexity index is 608. The lowest BCUT2D eigenvalue weighted by molar-refractivity contribution is 0.0954. The summed E-state index contributed by atoms with van der Waals surface area (Å²) in [7, 11) is 0. The summed E-state index contributed by atoms with van der Waals surface area (Å²) < 4.78 is 18.8. The Morgan fingerprint density at radius 3 is 2.82 bits per heavy atom. The molecule has 0 aliphatic heterocycles. The van der Waals surface area contributed by atoms with Crippen LogP contribution in [-0.4, -0.2) is 24.0 Å². The summed E-state index contributed by atoms with van der Waals surface area (Å²) in [6.45, 7) is 2.67. The van der Waals surface area contributed by atoms with Gasteiger partial charge in [0.2, 0.25) is 0 Å². The average molecular weight is 325 g/mol. The second kappa shape index (κ2) is 9.00. The van der Waals surface area contributed by atoms with Crippen molar-refractivity contribution in [2.45, 2.75) is 13.3 Å². The number of hydrogen-bond donors (Lipinski definition) is 1. The third kappa shape index (κ3) is 5.00. The van der Waals surface area contributed by atoms with Crippen molar-refractivity contribution in [2.24, 2.45) is 0 Å². The van der Waals surface area contributed by atoms with Gasteiger partial charge in [0.05, 0.1) is 12.2 Å². The smallest absolute Gasteiger partial charge is 0.252 e. The molecule has 0 unspecified atom stereocenters. The highest BCUT2D eigenvalue weighted by atomic mass is 35.5. The van der Waals surface area contributed by atoms with Crippen molar-refractivity contribution in [3.8, 4) is 5.75 Å². The first-order chi connectivity index (χ1) is 10.2. The molecule has 6 heteroatoms. The molecule has 4 nitrogen and oxygen atoms in total. The van der Waals surface area contributed by atoms with Crippen LogP contribution in [0.4, 0.5) is 4.39 Å². The van der Waals surface area contributed by atoms with E-state index in [1.54, 1.807) is 37.4 Å². The van der Waals surface area contributed by atoms with Crippen molar-refractivity contribution in [3.05, 3.63) is 59.7 Å². The van der Waals surface area contributed by atoms with Crippen molar-refractivity contribution in [1.82, 2.24) is 10.3 Å². The number of benzene rings is 1. The number of ether oxygens (including phenoxy) is 1. The van der Waals surface area contributed by atoms with Crippen molar-refractivity contribution in [3.63, 3.8) is 0 Å². The van der Waals surface area contributed by atoms with Crippen LogP contribution in [0.3, 0.4) is 0 Å². The highest BCUT2D eigenvalue weighted by Gasteiger charge is 2.06. The zero-order valence-corrected chi connectivity index (χ0v) is 13.0. The summed E-state index contributed by atoms with van der Waals surface area (Å²) in [5, 5.41) is 2.77. The summed E-state index contributed by atoms with van der Waals surface area (Å²) in [5.41, 5.74) is 1.32. The molecule has 2 aromatic rings. The van der Waals surface area contributed by atoms with Crippen molar-refractivity contribution >= 4 is 18.3 Å². The van der Waals surface area contributed by atoms with E-state index in [1.165, 1.54) is 12.3 Å². The molecular weight excluding hydrogens is 307 g/mol. The average Bonchev–Trinajstić information content (AvgIpc) is 2.51. The molecule has 1 aromatic carbocycles. The maximum Gasteiger partial charge on any atom is 0.252 e. The summed E-state index contributed by atoms with van der Waals surface area (Å²) >= 11 is 0. The van der Waals surface area contributed by atoms with Crippen LogP contribution < -0.4 is 10.1 Å². The molecule has 22 heavy (non-hydrogen) atoms. The van der Waals surface area contributed by atoms with Crippen LogP contribution >= 0.6 is 12.4 Å². The number of amides is 1. The van der Waals surface area contributed by atoms with E-state index < -0.39 is 0 Å². The van der Waals surface area contributed by atoms with Gasteiger partial charge in [-0.2, -0.15) is 0 Å². The molecule has 0 radical (unpaired) electrons. The lowest BCUT2D eigenvalue weighted by Gasteiger charge is -2.08. The second-order valence-corrected chi connectivity index (χ2v) is 4.45. The largest absolute Gasteiger partial charge is 0.491 e. The third-order valence-electron chi connectivity index (χ3n) is 2.92. The summed E-state index contributed by atoms with van der Waals surface area (Å²) in [6.07, 6.45) is 3.67. The topological polar surface area (TPSA) is 51.2 Å². The molecule has 0 aliphatic carbocycles. The molecule has 0 saturated heterocycles. The summed E-state index contributed by atoms with van der Waals surface area (Å²) in [6, 6.07) is 8.23. The van der Waals surface area contributed by atoms with Gasteiger partial charge in [-0.3, -0.25) is 9.78 Å². The predicted octanol–water partition coefficient (Wildman–Crippen LogP) is 3.01. The molecule has 1 heterocycles. The Morgan fingerprint density at radius 2 is 2.18 bits per heavy atom. The normalized spacial score (nSPS) is 9.73. The van der Waals surface area contributed by atoms with Crippen LogP contribution in [0.15, 0.2) is 42.7 Å². The van der Waals surface area contributed by atoms with Crippen LogP contribution in [0.25, 0.3) is 0 Å². The number of nitrogens with zero attached hydrogens (tertiary/aromatic N) is 1. The number of carbonyl (C=O) groups is 1. The van der Waals surface area contributed by atoms with E-state index in [0.29, 0.717) is 25.1 Å². The summed E-state index contributed by atoms with van der Waals surface area (Å²) in [4.78, 5) is 15.7. The van der Waals surface area contributed by atoms with Gasteiger partial charge in [0, 0.05) is 18.9 Å². The fourth-order valence-electron chi connectivity index (χ4n) is 1.89. The highest BCUT2D eigenvalue weighted by Crippen LogP contribution is 2.18. The van der Waals surface area contributed by atoms with Gasteiger partial charge in [-0.05, 0) is 43.2 Å². The quantitative estimate of drug-likeness (QED) is 0.888. The Labute approximate surface area is 135 Å². The Kier molecular flexibility index (Phi) is 7.32. The van der Waals surface area contributed by atoms with Crippen molar-refractivity contribution < 1.29 is 13.9 Å². The first-order valence-electron chi connectivity index (χ1n) is 6.80. The van der Waals surface area contributed by atoms with Crippen LogP contribution in [0, 0.1) is 5.82 Å². The minimum absolute atomic E-state index is 0. The monoisotopic (exact) mass is 324 g/mol. The minimum atomic E-state index is -0.382. The molecule has 1 N–H and O–H groups in total. The zero-order chi connectivity index (χ0) is 15.1. The van der Waals surface area contributed by atoms with E-state index in [2.05, 4.69) is 10.3 Å². The standard InChI is InChI=1S/C16H17FN2O2.ClH/c1-2-21-15-6-5-12(10-14(15)17)7-9-19-16(20)13-4-3-8-18-11-13;/h3-6,8,10-11H,2,7,9H2,1H3,(H,19,20);1H. The van der Waals surface area contributed by atoms with E-state index in [0.717, 1.165) is 5.56 Å². The van der Waals surface area contributed by atoms with Gasteiger partial charge in [-0.1, -0.05) is 6.07 Å². The van der Waals surface area contributed by atoms with Crippen LogP contribution in [0.5, 0.6) is 5.75 Å². The van der Waals surface area contributed by atoms with Crippen molar-refractivity contribution in [1.29, 1.82) is 0 Å². The minimum Gasteiger partial charge on any atom is -0.491 e. The number of aromatic nitrogens is 1. The van der Waals surface area contributed by atoms with Gasteiger partial charge in [0.1, 0.15) is 0 Å². The second-order valence-electron chi connectivity index (χ2n) is 4.45. The highest BCUT2D eigenvalue weighted by molar-refractivity contribution is 5.93. The molecule has 118 valence electrons. The number of pyridine rings is 1. The molecule has 0 spiro atoms. The molecule has 2 rings (SSSR count). The molecule has 1 amide bonds. The van der Waals surface area contributed by atoms with Gasteiger partial charge in [-0.15, -0.1) is 12.4 Å². The van der Waals surface area contributed by atoms with Crippen LogP contribution in [0.2, 0.25) is 0 Å². The first-order valence-corrected chi connectivity index (χ1v) is 6.80. The Morgan fingerprint density at radius 1 is 1.36 bits per heavy atom. The Hall–Kier alpha value is -2.14. The molecule has 1 aromatic heterocycles. The number of hydrogen-bond acceptors (Lipinski definition) is 3. The SMILES string of the molecule is CCOc1ccc(CCNC(=O)c2cccnc2)cc1F.Cl. The number of carbonyl (C=O) groups excluding carboxylic acids is 1. The molecular formula is C16H18ClFN2O2. The molecule has 0 saturated carbocycles. The van der Waals surface area contributed by atoms with Crippen LogP contribution in [-0.2, 0) is 6.42 Å². The molecule has 0 bridgehead atoms. The lowest BCUT2D eigenvalue weighted by atomic mass is 10.1. The first kappa shape index (κ1) is 17.9. The van der Waals surface area contributed by atoms with E-state index >= 15 is 0 Å². The fraction of sp³-hybridized carbons (Fsp3) is 0.250. The van der Waals surface area contributed by atoms with E-state index in [9.17, 15) is 9.18 Å². The number of rotatable bonds is 6. The number of halogens is 2. The van der Waals surface area contributed by atoms with Gasteiger partial charge in [-0.25, -0.2) is 4.39 Å². The van der Waals surface area contributed by atoms with Crippen molar-refractivity contribution in [2.75, 3.05) is 13.2 Å². The van der Waals surface area contributed by atoms with Gasteiger partial charge in [0.25, 0.3) is 5.91 Å². The number of nitrogens with one attached hydrogen (secondary N) is 1. The van der Waals surface area contributed by atoms with Gasteiger partial charge in [0.15, 0.2) is 11.6 Å². The van der Waals surface area contributed by atoms with E-state index in [4.69, 9.17) is 4.74 Å². The maximum atomic E-state index is 13.7. The predicted molar refractivity (Wildman–Crippen MR) is 85.1 cm³/mol. The molecule has 0 fully saturated rings. The van der Waals surface area contributed by atoms with Gasteiger partial charge < -0.3 is 10.1 Å². The fourth-order valence-corrected chi connectivity index (χ4v) is 1.89. The van der Waals surface area contributed by atoms with Gasteiger partial charge >= 0.3 is 0 Å². The van der Waals surface area contributed by atoms with E-state index in [1.807, 2.05) is 0 Å². The summed E-state index contributed by atoms with van der Waals surface area (Å²) in [5.74, 6) is -0.317. The third-order valence-corrected chi connectivity index (χ3v) is 2.92. The van der Waals surface area contributed by atoms with E-state index in [-0.39, 0.29) is 29.9 Å². The lowest BCUT2D eigenvalue weighted by Crippen LogP contribution is -2.25. The maximum absolute atomic E-state index is 13.7. The van der Waals surface area contributed by atoms with Crippen LogP contribution in [0.1, 0.15) is 22.8 Å². The zero-order valence-electron chi connectivity index (χ0n) is 12.2. The molecule has 0 atom stereocenters. The molecule has 0 aliphatic rings.